The highest BCUT2D eigenvalue weighted by Gasteiger charge is 2.10. The van der Waals surface area contributed by atoms with E-state index in [-0.39, 0.29) is 5.91 Å². The topological polar surface area (TPSA) is 44.1 Å². The van der Waals surface area contributed by atoms with Crippen molar-refractivity contribution in [1.29, 1.82) is 5.26 Å². The molecule has 0 spiro atoms. The Balaban J connectivity index is 2.58. The molecular weight excluding hydrogens is 200 g/mol. The van der Waals surface area contributed by atoms with Gasteiger partial charge >= 0.3 is 0 Å². The maximum Gasteiger partial charge on any atom is 0.226 e. The fourth-order valence-electron chi connectivity index (χ4n) is 1.45. The monoisotopic (exact) mass is 216 g/mol. The highest BCUT2D eigenvalue weighted by atomic mass is 16.2. The lowest BCUT2D eigenvalue weighted by Gasteiger charge is -2.16. The van der Waals surface area contributed by atoms with Crippen molar-refractivity contribution in [2.45, 2.75) is 19.8 Å². The van der Waals surface area contributed by atoms with Crippen LogP contribution in [0.25, 0.3) is 0 Å². The van der Waals surface area contributed by atoms with Gasteiger partial charge in [0.05, 0.1) is 18.9 Å². The van der Waals surface area contributed by atoms with Gasteiger partial charge in [-0.2, -0.15) is 5.26 Å². The van der Waals surface area contributed by atoms with Crippen LogP contribution in [-0.2, 0) is 11.2 Å². The number of carbonyl (C=O) groups is 1. The zero-order valence-corrected chi connectivity index (χ0v) is 9.73. The van der Waals surface area contributed by atoms with Crippen molar-refractivity contribution in [3.63, 3.8) is 0 Å². The third-order valence-corrected chi connectivity index (χ3v) is 2.59. The first-order valence-corrected chi connectivity index (χ1v) is 5.30. The quantitative estimate of drug-likeness (QED) is 0.771. The zero-order chi connectivity index (χ0) is 12.0. The molecule has 0 aromatic heterocycles. The Bertz CT molecular complexity index is 407. The van der Waals surface area contributed by atoms with E-state index in [0.717, 1.165) is 11.1 Å². The molecule has 0 bridgehead atoms. The Morgan fingerprint density at radius 3 is 2.75 bits per heavy atom. The molecule has 0 atom stereocenters. The smallest absolute Gasteiger partial charge is 0.226 e. The first-order valence-electron chi connectivity index (χ1n) is 5.30. The molecule has 84 valence electrons. The summed E-state index contributed by atoms with van der Waals surface area (Å²) in [5.41, 5.74) is 2.18. The van der Waals surface area contributed by atoms with E-state index in [1.807, 2.05) is 37.3 Å². The fraction of sp³-hybridized carbons (Fsp3) is 0.385. The van der Waals surface area contributed by atoms with Gasteiger partial charge in [-0.05, 0) is 18.1 Å². The minimum atomic E-state index is 0.0598. The van der Waals surface area contributed by atoms with Gasteiger partial charge in [0.15, 0.2) is 0 Å². The van der Waals surface area contributed by atoms with Crippen LogP contribution in [-0.4, -0.2) is 24.4 Å². The fourth-order valence-corrected chi connectivity index (χ4v) is 1.45. The summed E-state index contributed by atoms with van der Waals surface area (Å²) in [6.07, 6.45) is 0.796. The van der Waals surface area contributed by atoms with Crippen molar-refractivity contribution in [3.8, 4) is 6.07 Å². The molecule has 0 saturated heterocycles. The maximum atomic E-state index is 11.8. The molecule has 0 saturated carbocycles. The van der Waals surface area contributed by atoms with Gasteiger partial charge in [0.1, 0.15) is 0 Å². The summed E-state index contributed by atoms with van der Waals surface area (Å²) in [6, 6.07) is 9.89. The van der Waals surface area contributed by atoms with Crippen molar-refractivity contribution in [2.75, 3.05) is 13.6 Å². The molecule has 16 heavy (non-hydrogen) atoms. The number of carbonyl (C=O) groups excluding carboxylic acids is 1. The number of hydrogen-bond acceptors (Lipinski definition) is 2. The molecule has 3 heteroatoms. The summed E-state index contributed by atoms with van der Waals surface area (Å²) in [6.45, 7) is 2.50. The van der Waals surface area contributed by atoms with Gasteiger partial charge in [0, 0.05) is 13.6 Å². The van der Waals surface area contributed by atoms with E-state index in [0.29, 0.717) is 19.4 Å². The second-order valence-electron chi connectivity index (χ2n) is 3.83. The minimum absolute atomic E-state index is 0.0598. The van der Waals surface area contributed by atoms with Crippen molar-refractivity contribution in [3.05, 3.63) is 35.4 Å². The third-order valence-electron chi connectivity index (χ3n) is 2.59. The molecule has 0 heterocycles. The van der Waals surface area contributed by atoms with Crippen molar-refractivity contribution >= 4 is 5.91 Å². The van der Waals surface area contributed by atoms with Gasteiger partial charge in [-0.15, -0.1) is 0 Å². The lowest BCUT2D eigenvalue weighted by Crippen LogP contribution is -2.29. The normalized spacial score (nSPS) is 9.56. The van der Waals surface area contributed by atoms with Gasteiger partial charge in [0.2, 0.25) is 5.91 Å². The van der Waals surface area contributed by atoms with E-state index in [2.05, 4.69) is 0 Å². The summed E-state index contributed by atoms with van der Waals surface area (Å²) in [7, 11) is 1.73. The molecule has 1 aromatic carbocycles. The van der Waals surface area contributed by atoms with E-state index < -0.39 is 0 Å². The highest BCUT2D eigenvalue weighted by molar-refractivity contribution is 5.78. The molecule has 1 amide bonds. The van der Waals surface area contributed by atoms with E-state index in [1.165, 1.54) is 0 Å². The van der Waals surface area contributed by atoms with Crippen LogP contribution in [0.5, 0.6) is 0 Å². The average molecular weight is 216 g/mol. The summed E-state index contributed by atoms with van der Waals surface area (Å²) in [4.78, 5) is 13.4. The van der Waals surface area contributed by atoms with Crippen LogP contribution in [0.4, 0.5) is 0 Å². The van der Waals surface area contributed by atoms with Crippen LogP contribution in [0.1, 0.15) is 17.5 Å². The van der Waals surface area contributed by atoms with Crippen molar-refractivity contribution < 1.29 is 4.79 Å². The number of rotatable bonds is 4. The first-order chi connectivity index (χ1) is 7.65. The molecule has 1 aromatic rings. The van der Waals surface area contributed by atoms with Crippen LogP contribution in [0.15, 0.2) is 24.3 Å². The predicted molar refractivity (Wildman–Crippen MR) is 62.8 cm³/mol. The average Bonchev–Trinajstić information content (AvgIpc) is 2.28. The van der Waals surface area contributed by atoms with Crippen molar-refractivity contribution in [2.24, 2.45) is 0 Å². The maximum absolute atomic E-state index is 11.8. The number of hydrogen-bond donors (Lipinski definition) is 0. The van der Waals surface area contributed by atoms with E-state index in [4.69, 9.17) is 5.26 Å². The second kappa shape index (κ2) is 5.92. The highest BCUT2D eigenvalue weighted by Crippen LogP contribution is 2.08. The minimum Gasteiger partial charge on any atom is -0.344 e. The molecule has 3 nitrogen and oxygen atoms in total. The molecule has 0 aliphatic heterocycles. The molecule has 0 unspecified atom stereocenters. The number of amides is 1. The van der Waals surface area contributed by atoms with Gasteiger partial charge in [-0.3, -0.25) is 4.79 Å². The SMILES string of the molecule is Cc1ccccc1CC(=O)N(C)CCC#N. The van der Waals surface area contributed by atoms with E-state index >= 15 is 0 Å². The van der Waals surface area contributed by atoms with Crippen LogP contribution in [0, 0.1) is 18.3 Å². The number of nitriles is 1. The van der Waals surface area contributed by atoms with Gasteiger partial charge in [-0.25, -0.2) is 0 Å². The molecular formula is C13H16N2O. The van der Waals surface area contributed by atoms with Gasteiger partial charge in [-0.1, -0.05) is 24.3 Å². The number of benzene rings is 1. The van der Waals surface area contributed by atoms with Gasteiger partial charge < -0.3 is 4.90 Å². The van der Waals surface area contributed by atoms with Crippen LogP contribution in [0.3, 0.4) is 0 Å². The Kier molecular flexibility index (Phi) is 4.53. The van der Waals surface area contributed by atoms with Gasteiger partial charge in [0.25, 0.3) is 0 Å². The van der Waals surface area contributed by atoms with E-state index in [1.54, 1.807) is 11.9 Å². The molecule has 0 fully saturated rings. The van der Waals surface area contributed by atoms with Crippen molar-refractivity contribution in [1.82, 2.24) is 4.90 Å². The molecule has 0 N–H and O–H groups in total. The lowest BCUT2D eigenvalue weighted by atomic mass is 10.1. The summed E-state index contributed by atoms with van der Waals surface area (Å²) < 4.78 is 0. The predicted octanol–water partition coefficient (Wildman–Crippen LogP) is 1.91. The third kappa shape index (κ3) is 3.39. The molecule has 1 rings (SSSR count). The Morgan fingerprint density at radius 1 is 1.44 bits per heavy atom. The summed E-state index contributed by atoms with van der Waals surface area (Å²) in [5, 5.41) is 8.44. The first kappa shape index (κ1) is 12.3. The molecule has 0 aliphatic rings. The Morgan fingerprint density at radius 2 is 2.12 bits per heavy atom. The van der Waals surface area contributed by atoms with Crippen LogP contribution >= 0.6 is 0 Å². The summed E-state index contributed by atoms with van der Waals surface area (Å²) >= 11 is 0. The zero-order valence-electron chi connectivity index (χ0n) is 9.73. The largest absolute Gasteiger partial charge is 0.344 e. The number of aryl methyl sites for hydroxylation is 1. The van der Waals surface area contributed by atoms with Crippen LogP contribution in [0.2, 0.25) is 0 Å². The van der Waals surface area contributed by atoms with Crippen LogP contribution < -0.4 is 0 Å². The number of likely N-dealkylation sites (N-methyl/N-ethyl adjacent to an activating group) is 1. The molecule has 0 radical (unpaired) electrons. The molecule has 0 aliphatic carbocycles. The Hall–Kier alpha value is -1.82. The lowest BCUT2D eigenvalue weighted by molar-refractivity contribution is -0.129. The Labute approximate surface area is 96.3 Å². The second-order valence-corrected chi connectivity index (χ2v) is 3.83. The van der Waals surface area contributed by atoms with E-state index in [9.17, 15) is 4.79 Å². The standard InChI is InChI=1S/C13H16N2O/c1-11-6-3-4-7-12(11)10-13(16)15(2)9-5-8-14/h3-4,6-7H,5,9-10H2,1-2H3. The summed E-state index contributed by atoms with van der Waals surface area (Å²) in [5.74, 6) is 0.0598. The number of nitrogens with zero attached hydrogens (tertiary/aromatic N) is 2.